The van der Waals surface area contributed by atoms with Gasteiger partial charge >= 0.3 is 6.18 Å². The average molecular weight is 455 g/mol. The lowest BCUT2D eigenvalue weighted by Gasteiger charge is -2.11. The van der Waals surface area contributed by atoms with E-state index in [-0.39, 0.29) is 16.5 Å². The molecule has 0 aliphatic heterocycles. The fourth-order valence-electron chi connectivity index (χ4n) is 2.61. The lowest BCUT2D eigenvalue weighted by molar-refractivity contribution is -0.137. The molecule has 0 aliphatic carbocycles. The predicted molar refractivity (Wildman–Crippen MR) is 113 cm³/mol. The fraction of sp³-hybridized carbons (Fsp3) is 0.263. The van der Waals surface area contributed by atoms with Gasteiger partial charge in [-0.3, -0.25) is 0 Å². The SMILES string of the molecule is CCSc1nn(-c2ncccn2)c(/N=C\N(C)C)c1-c1cc(Cl)cc(C(F)(F)F)c1. The van der Waals surface area contributed by atoms with Crippen LogP contribution in [-0.2, 0) is 6.18 Å². The summed E-state index contributed by atoms with van der Waals surface area (Å²) in [4.78, 5) is 14.6. The third-order valence-corrected chi connectivity index (χ3v) is 4.84. The molecule has 0 atom stereocenters. The summed E-state index contributed by atoms with van der Waals surface area (Å²) in [6.07, 6.45) is 0.104. The lowest BCUT2D eigenvalue weighted by Crippen LogP contribution is -2.08. The molecule has 158 valence electrons. The van der Waals surface area contributed by atoms with Crippen LogP contribution in [-0.4, -0.2) is 50.8 Å². The third kappa shape index (κ3) is 4.93. The van der Waals surface area contributed by atoms with E-state index in [1.54, 1.807) is 37.5 Å². The van der Waals surface area contributed by atoms with Crippen molar-refractivity contribution in [2.24, 2.45) is 4.99 Å². The maximum Gasteiger partial charge on any atom is 0.416 e. The standard InChI is InChI=1S/C19H18ClF3N6S/c1-4-30-17-15(12-8-13(19(21,22)23)10-14(20)9-12)16(26-11-28(2)3)29(27-17)18-24-6-5-7-25-18/h5-11H,4H2,1-3H3/b26-11-. The largest absolute Gasteiger partial charge is 0.416 e. The van der Waals surface area contributed by atoms with Crippen molar-refractivity contribution in [3.8, 4) is 17.1 Å². The van der Waals surface area contributed by atoms with E-state index in [4.69, 9.17) is 11.6 Å². The lowest BCUT2D eigenvalue weighted by atomic mass is 10.0. The first-order valence-corrected chi connectivity index (χ1v) is 10.2. The normalized spacial score (nSPS) is 12.0. The Balaban J connectivity index is 2.32. The highest BCUT2D eigenvalue weighted by Gasteiger charge is 2.32. The second-order valence-electron chi connectivity index (χ2n) is 6.33. The first-order valence-electron chi connectivity index (χ1n) is 8.82. The summed E-state index contributed by atoms with van der Waals surface area (Å²) < 4.78 is 41.6. The minimum atomic E-state index is -4.54. The summed E-state index contributed by atoms with van der Waals surface area (Å²) in [5.41, 5.74) is -0.150. The first-order chi connectivity index (χ1) is 14.2. The summed E-state index contributed by atoms with van der Waals surface area (Å²) in [5.74, 6) is 1.22. The van der Waals surface area contributed by atoms with Gasteiger partial charge in [-0.15, -0.1) is 11.8 Å². The second-order valence-corrected chi connectivity index (χ2v) is 8.02. The zero-order valence-electron chi connectivity index (χ0n) is 16.4. The van der Waals surface area contributed by atoms with Gasteiger partial charge in [0.15, 0.2) is 5.82 Å². The fourth-order valence-corrected chi connectivity index (χ4v) is 3.61. The van der Waals surface area contributed by atoms with Crippen LogP contribution in [0.5, 0.6) is 0 Å². The molecule has 0 fully saturated rings. The van der Waals surface area contributed by atoms with E-state index in [2.05, 4.69) is 20.1 Å². The summed E-state index contributed by atoms with van der Waals surface area (Å²) in [7, 11) is 3.57. The summed E-state index contributed by atoms with van der Waals surface area (Å²) >= 11 is 7.41. The van der Waals surface area contributed by atoms with Gasteiger partial charge in [0.25, 0.3) is 5.95 Å². The third-order valence-electron chi connectivity index (χ3n) is 3.78. The quantitative estimate of drug-likeness (QED) is 0.286. The zero-order valence-corrected chi connectivity index (χ0v) is 17.9. The van der Waals surface area contributed by atoms with Crippen LogP contribution in [0.1, 0.15) is 12.5 Å². The molecule has 2 aromatic heterocycles. The number of hydrogen-bond donors (Lipinski definition) is 0. The van der Waals surface area contributed by atoms with E-state index >= 15 is 0 Å². The van der Waals surface area contributed by atoms with E-state index in [0.717, 1.165) is 12.1 Å². The molecule has 0 spiro atoms. The highest BCUT2D eigenvalue weighted by atomic mass is 35.5. The summed E-state index contributed by atoms with van der Waals surface area (Å²) in [5, 5.41) is 5.02. The van der Waals surface area contributed by atoms with Gasteiger partial charge in [-0.2, -0.15) is 23.0 Å². The molecule has 11 heteroatoms. The van der Waals surface area contributed by atoms with E-state index in [1.165, 1.54) is 28.8 Å². The van der Waals surface area contributed by atoms with Gasteiger partial charge in [-0.05, 0) is 35.6 Å². The van der Waals surface area contributed by atoms with Crippen molar-refractivity contribution in [1.82, 2.24) is 24.6 Å². The number of halogens is 4. The Kier molecular flexibility index (Phi) is 6.67. The van der Waals surface area contributed by atoms with Gasteiger partial charge in [0, 0.05) is 31.5 Å². The summed E-state index contributed by atoms with van der Waals surface area (Å²) in [6.45, 7) is 1.92. The molecule has 6 nitrogen and oxygen atoms in total. The number of benzene rings is 1. The number of thioether (sulfide) groups is 1. The van der Waals surface area contributed by atoms with Gasteiger partial charge in [0.1, 0.15) is 5.03 Å². The molecule has 3 aromatic rings. The topological polar surface area (TPSA) is 59.2 Å². The van der Waals surface area contributed by atoms with Crippen LogP contribution >= 0.6 is 23.4 Å². The molecule has 0 radical (unpaired) electrons. The minimum Gasteiger partial charge on any atom is -0.369 e. The molecule has 0 saturated heterocycles. The summed E-state index contributed by atoms with van der Waals surface area (Å²) in [6, 6.07) is 5.07. The Labute approximate surface area is 180 Å². The maximum atomic E-state index is 13.4. The number of aliphatic imine (C=N–C) groups is 1. The van der Waals surface area contributed by atoms with Crippen molar-refractivity contribution >= 4 is 35.5 Å². The van der Waals surface area contributed by atoms with E-state index in [9.17, 15) is 13.2 Å². The van der Waals surface area contributed by atoms with E-state index in [1.807, 2.05) is 6.92 Å². The molecular weight excluding hydrogens is 437 g/mol. The minimum absolute atomic E-state index is 0.0291. The maximum absolute atomic E-state index is 13.4. The Morgan fingerprint density at radius 3 is 2.50 bits per heavy atom. The Morgan fingerprint density at radius 2 is 1.90 bits per heavy atom. The molecule has 0 aliphatic rings. The highest BCUT2D eigenvalue weighted by Crippen LogP contribution is 2.42. The molecule has 0 N–H and O–H groups in total. The van der Waals surface area contributed by atoms with Crippen LogP contribution in [0.3, 0.4) is 0 Å². The number of hydrogen-bond acceptors (Lipinski definition) is 5. The van der Waals surface area contributed by atoms with E-state index < -0.39 is 11.7 Å². The zero-order chi connectivity index (χ0) is 21.9. The smallest absolute Gasteiger partial charge is 0.369 e. The molecule has 0 bridgehead atoms. The number of rotatable bonds is 6. The molecule has 0 unspecified atom stereocenters. The molecule has 1 aromatic carbocycles. The number of aromatic nitrogens is 4. The number of alkyl halides is 3. The van der Waals surface area contributed by atoms with Crippen LogP contribution in [0.4, 0.5) is 19.0 Å². The molecular formula is C19H18ClF3N6S. The van der Waals surface area contributed by atoms with Crippen LogP contribution in [0, 0.1) is 0 Å². The molecule has 2 heterocycles. The van der Waals surface area contributed by atoms with Gasteiger partial charge in [0.2, 0.25) is 0 Å². The van der Waals surface area contributed by atoms with Crippen molar-refractivity contribution in [1.29, 1.82) is 0 Å². The van der Waals surface area contributed by atoms with E-state index in [0.29, 0.717) is 22.2 Å². The van der Waals surface area contributed by atoms with Crippen LogP contribution in [0.2, 0.25) is 5.02 Å². The van der Waals surface area contributed by atoms with Crippen molar-refractivity contribution in [2.75, 3.05) is 19.8 Å². The predicted octanol–water partition coefficient (Wildman–Crippen LogP) is 5.33. The monoisotopic (exact) mass is 454 g/mol. The second kappa shape index (κ2) is 9.05. The first kappa shape index (κ1) is 22.1. The highest BCUT2D eigenvalue weighted by molar-refractivity contribution is 7.99. The van der Waals surface area contributed by atoms with Crippen molar-refractivity contribution in [2.45, 2.75) is 18.1 Å². The van der Waals surface area contributed by atoms with Crippen molar-refractivity contribution < 1.29 is 13.2 Å². The van der Waals surface area contributed by atoms with Crippen LogP contribution in [0.15, 0.2) is 46.7 Å². The molecule has 30 heavy (non-hydrogen) atoms. The molecule has 0 saturated carbocycles. The van der Waals surface area contributed by atoms with Crippen molar-refractivity contribution in [3.05, 3.63) is 47.2 Å². The van der Waals surface area contributed by atoms with Gasteiger partial charge in [-0.25, -0.2) is 15.0 Å². The van der Waals surface area contributed by atoms with Gasteiger partial charge in [-0.1, -0.05) is 18.5 Å². The number of nitrogens with zero attached hydrogens (tertiary/aromatic N) is 6. The Hall–Kier alpha value is -2.59. The van der Waals surface area contributed by atoms with Gasteiger partial charge in [0.05, 0.1) is 17.5 Å². The average Bonchev–Trinajstić information content (AvgIpc) is 3.04. The Bertz CT molecular complexity index is 1050. The van der Waals surface area contributed by atoms with Gasteiger partial charge < -0.3 is 4.90 Å². The van der Waals surface area contributed by atoms with Crippen LogP contribution < -0.4 is 0 Å². The Morgan fingerprint density at radius 1 is 1.20 bits per heavy atom. The molecule has 3 rings (SSSR count). The van der Waals surface area contributed by atoms with Crippen LogP contribution in [0.25, 0.3) is 17.1 Å². The molecule has 0 amide bonds. The van der Waals surface area contributed by atoms with Crippen molar-refractivity contribution in [3.63, 3.8) is 0 Å².